The fraction of sp³-hybridized carbons (Fsp3) is 0.389. The molecule has 3 amide bonds. The average molecular weight is 686 g/mol. The van der Waals surface area contributed by atoms with Crippen LogP contribution in [-0.2, 0) is 16.0 Å². The molecule has 0 unspecified atom stereocenters. The lowest BCUT2D eigenvalue weighted by molar-refractivity contribution is -0.130. The molecule has 3 aromatic carbocycles. The molecule has 2 fully saturated rings. The molecule has 258 valence electrons. The SMILES string of the molecule is CN1CCN(C(=O)c2cccc(-c3cccc(C[C@H](NC(=O)[C@H]4CC[C@H](CN)CC4)C(=O)Nc4ccc(-c5nnn[nH]5)cc4)c3)c2)CC1.Cl. The summed E-state index contributed by atoms with van der Waals surface area (Å²) in [6.07, 6.45) is 3.65. The number of nitrogens with zero attached hydrogens (tertiary/aromatic N) is 5. The van der Waals surface area contributed by atoms with Gasteiger partial charge in [0.05, 0.1) is 0 Å². The number of tetrazole rings is 1. The first-order valence-corrected chi connectivity index (χ1v) is 16.7. The van der Waals surface area contributed by atoms with Gasteiger partial charge in [-0.3, -0.25) is 14.4 Å². The highest BCUT2D eigenvalue weighted by Gasteiger charge is 2.29. The molecule has 6 rings (SSSR count). The highest BCUT2D eigenvalue weighted by molar-refractivity contribution is 5.98. The molecule has 5 N–H and O–H groups in total. The third-order valence-corrected chi connectivity index (χ3v) is 9.56. The van der Waals surface area contributed by atoms with Crippen molar-refractivity contribution in [3.8, 4) is 22.5 Å². The first kappa shape index (κ1) is 35.7. The summed E-state index contributed by atoms with van der Waals surface area (Å²) in [5, 5.41) is 19.9. The number of halogens is 1. The number of nitrogens with two attached hydrogens (primary N) is 1. The molecule has 1 aliphatic carbocycles. The number of amides is 3. The van der Waals surface area contributed by atoms with Crippen LogP contribution >= 0.6 is 12.4 Å². The largest absolute Gasteiger partial charge is 0.344 e. The van der Waals surface area contributed by atoms with E-state index in [-0.39, 0.29) is 36.0 Å². The molecule has 12 nitrogen and oxygen atoms in total. The maximum Gasteiger partial charge on any atom is 0.253 e. The Balaban J connectivity index is 0.00000468. The molecule has 1 saturated carbocycles. The van der Waals surface area contributed by atoms with Crippen LogP contribution in [-0.4, -0.2) is 94.0 Å². The van der Waals surface area contributed by atoms with E-state index in [1.165, 1.54) is 0 Å². The summed E-state index contributed by atoms with van der Waals surface area (Å²) in [5.74, 6) is 0.443. The predicted molar refractivity (Wildman–Crippen MR) is 191 cm³/mol. The van der Waals surface area contributed by atoms with Crippen molar-refractivity contribution in [3.05, 3.63) is 83.9 Å². The van der Waals surface area contributed by atoms with E-state index in [2.05, 4.69) is 43.2 Å². The lowest BCUT2D eigenvalue weighted by Gasteiger charge is -2.32. The quantitative estimate of drug-likeness (QED) is 0.196. The summed E-state index contributed by atoms with van der Waals surface area (Å²) in [4.78, 5) is 44.7. The minimum Gasteiger partial charge on any atom is -0.344 e. The highest BCUT2D eigenvalue weighted by atomic mass is 35.5. The fourth-order valence-electron chi connectivity index (χ4n) is 6.52. The van der Waals surface area contributed by atoms with Crippen LogP contribution in [0.25, 0.3) is 22.5 Å². The number of likely N-dealkylation sites (N-methyl/N-ethyl adjacent to an activating group) is 1. The highest BCUT2D eigenvalue weighted by Crippen LogP contribution is 2.29. The standard InChI is InChI=1S/C36H43N9O3.ClH/c1-44-16-18-45(19-17-44)36(48)30-7-3-6-29(22-30)28-5-2-4-25(20-28)21-32(39-34(46)27-10-8-24(23-37)9-11-27)35(47)38-31-14-12-26(13-15-31)33-40-42-43-41-33;/h2-7,12-15,20,22,24,27,32H,8-11,16-19,21,23,37H2,1H3,(H,38,47)(H,39,46)(H,40,41,42,43);1H/t24-,27-,32-;/m0./s1. The van der Waals surface area contributed by atoms with Gasteiger partial charge in [-0.1, -0.05) is 36.4 Å². The van der Waals surface area contributed by atoms with Gasteiger partial charge in [-0.05, 0) is 109 Å². The second-order valence-corrected chi connectivity index (χ2v) is 12.9. The van der Waals surface area contributed by atoms with Crippen molar-refractivity contribution in [1.82, 2.24) is 35.7 Å². The molecule has 2 heterocycles. The van der Waals surface area contributed by atoms with E-state index in [1.807, 2.05) is 65.6 Å². The number of H-pyrrole nitrogens is 1. The summed E-state index contributed by atoms with van der Waals surface area (Å²) >= 11 is 0. The Morgan fingerprint density at radius 1 is 0.898 bits per heavy atom. The number of hydrogen-bond acceptors (Lipinski definition) is 8. The third-order valence-electron chi connectivity index (χ3n) is 9.56. The van der Waals surface area contributed by atoms with Crippen molar-refractivity contribution in [2.24, 2.45) is 17.6 Å². The third kappa shape index (κ3) is 9.08. The lowest BCUT2D eigenvalue weighted by Crippen LogP contribution is -2.48. The molecule has 0 spiro atoms. The van der Waals surface area contributed by atoms with E-state index in [0.29, 0.717) is 49.0 Å². The van der Waals surface area contributed by atoms with Crippen LogP contribution in [0, 0.1) is 11.8 Å². The number of carbonyl (C=O) groups excluding carboxylic acids is 3. The minimum atomic E-state index is -0.803. The first-order chi connectivity index (χ1) is 23.4. The van der Waals surface area contributed by atoms with E-state index in [0.717, 1.165) is 61.0 Å². The van der Waals surface area contributed by atoms with Gasteiger partial charge in [0.15, 0.2) is 5.82 Å². The van der Waals surface area contributed by atoms with Crippen molar-refractivity contribution < 1.29 is 14.4 Å². The van der Waals surface area contributed by atoms with Gasteiger partial charge in [-0.25, -0.2) is 5.10 Å². The number of hydrogen-bond donors (Lipinski definition) is 4. The molecule has 4 aromatic rings. The zero-order valence-electron chi connectivity index (χ0n) is 27.7. The van der Waals surface area contributed by atoms with Crippen LogP contribution in [0.3, 0.4) is 0 Å². The van der Waals surface area contributed by atoms with Gasteiger partial charge in [-0.2, -0.15) is 0 Å². The molecule has 1 aliphatic heterocycles. The van der Waals surface area contributed by atoms with E-state index in [1.54, 1.807) is 12.1 Å². The number of carbonyl (C=O) groups is 3. The number of benzene rings is 3. The van der Waals surface area contributed by atoms with E-state index in [4.69, 9.17) is 5.73 Å². The van der Waals surface area contributed by atoms with Gasteiger partial charge in [0.1, 0.15) is 6.04 Å². The molecule has 0 bridgehead atoms. The number of nitrogens with one attached hydrogen (secondary N) is 3. The van der Waals surface area contributed by atoms with E-state index >= 15 is 0 Å². The molecule has 2 aliphatic rings. The van der Waals surface area contributed by atoms with Crippen LogP contribution < -0.4 is 16.4 Å². The second kappa shape index (κ2) is 16.6. The number of piperazine rings is 1. The van der Waals surface area contributed by atoms with Gasteiger partial charge < -0.3 is 26.2 Å². The monoisotopic (exact) mass is 685 g/mol. The Hall–Kier alpha value is -4.65. The van der Waals surface area contributed by atoms with Crippen LogP contribution in [0.1, 0.15) is 41.6 Å². The van der Waals surface area contributed by atoms with Gasteiger partial charge >= 0.3 is 0 Å². The molecule has 49 heavy (non-hydrogen) atoms. The number of anilines is 1. The van der Waals surface area contributed by atoms with Crippen LogP contribution in [0.4, 0.5) is 5.69 Å². The molecule has 1 aromatic heterocycles. The zero-order valence-corrected chi connectivity index (χ0v) is 28.5. The topological polar surface area (TPSA) is 162 Å². The summed E-state index contributed by atoms with van der Waals surface area (Å²) in [7, 11) is 2.07. The molecule has 0 radical (unpaired) electrons. The molecular weight excluding hydrogens is 642 g/mol. The van der Waals surface area contributed by atoms with Crippen molar-refractivity contribution in [1.29, 1.82) is 0 Å². The maximum absolute atomic E-state index is 13.8. The zero-order chi connectivity index (χ0) is 33.5. The van der Waals surface area contributed by atoms with Crippen LogP contribution in [0.5, 0.6) is 0 Å². The molecular formula is C36H44ClN9O3. The molecule has 1 atom stereocenters. The second-order valence-electron chi connectivity index (χ2n) is 12.9. The maximum atomic E-state index is 13.8. The Morgan fingerprint density at radius 2 is 1.59 bits per heavy atom. The van der Waals surface area contributed by atoms with Crippen LogP contribution in [0.15, 0.2) is 72.8 Å². The van der Waals surface area contributed by atoms with Gasteiger partial charge in [-0.15, -0.1) is 17.5 Å². The summed E-state index contributed by atoms with van der Waals surface area (Å²) < 4.78 is 0. The lowest BCUT2D eigenvalue weighted by atomic mass is 9.81. The van der Waals surface area contributed by atoms with Gasteiger partial charge in [0, 0.05) is 55.3 Å². The number of rotatable bonds is 10. The first-order valence-electron chi connectivity index (χ1n) is 16.7. The normalized spacial score (nSPS) is 18.6. The van der Waals surface area contributed by atoms with E-state index < -0.39 is 6.04 Å². The van der Waals surface area contributed by atoms with Gasteiger partial charge in [0.2, 0.25) is 11.8 Å². The predicted octanol–water partition coefficient (Wildman–Crippen LogP) is 3.77. The van der Waals surface area contributed by atoms with E-state index in [9.17, 15) is 14.4 Å². The minimum absolute atomic E-state index is 0. The summed E-state index contributed by atoms with van der Waals surface area (Å²) in [5.41, 5.74) is 10.6. The number of aromatic nitrogens is 4. The van der Waals surface area contributed by atoms with Crippen molar-refractivity contribution >= 4 is 35.8 Å². The Morgan fingerprint density at radius 3 is 2.27 bits per heavy atom. The van der Waals surface area contributed by atoms with Crippen molar-refractivity contribution in [2.45, 2.75) is 38.1 Å². The fourth-order valence-corrected chi connectivity index (χ4v) is 6.52. The number of aromatic amines is 1. The Kier molecular flexibility index (Phi) is 12.1. The average Bonchev–Trinajstić information content (AvgIpc) is 3.67. The Labute approximate surface area is 292 Å². The molecule has 13 heteroatoms. The van der Waals surface area contributed by atoms with Gasteiger partial charge in [0.25, 0.3) is 5.91 Å². The van der Waals surface area contributed by atoms with Crippen molar-refractivity contribution in [3.63, 3.8) is 0 Å². The van der Waals surface area contributed by atoms with Crippen molar-refractivity contribution in [2.75, 3.05) is 45.1 Å². The Bertz CT molecular complexity index is 1700. The summed E-state index contributed by atoms with van der Waals surface area (Å²) in [6.45, 7) is 3.77. The molecule has 1 saturated heterocycles. The smallest absolute Gasteiger partial charge is 0.253 e. The van der Waals surface area contributed by atoms with Crippen LogP contribution in [0.2, 0.25) is 0 Å². The summed E-state index contributed by atoms with van der Waals surface area (Å²) in [6, 6.07) is 22.0.